The van der Waals surface area contributed by atoms with Gasteiger partial charge in [0, 0.05) is 35.7 Å². The van der Waals surface area contributed by atoms with Crippen molar-refractivity contribution in [2.45, 2.75) is 12.8 Å². The Hall–Kier alpha value is -3.68. The summed E-state index contributed by atoms with van der Waals surface area (Å²) in [5, 5.41) is 15.0. The Morgan fingerprint density at radius 3 is 2.40 bits per heavy atom. The number of methoxy groups -OCH3 is 1. The van der Waals surface area contributed by atoms with E-state index in [1.165, 1.54) is 12.3 Å². The molecule has 1 fully saturated rings. The maximum atomic E-state index is 12.6. The van der Waals surface area contributed by atoms with E-state index in [9.17, 15) is 19.5 Å². The standard InChI is InChI=1S/C22H23N3O5/c1-30-18-8-6-16(7-9-18)21(27)25-12-10-15(11-13-25)20(26)24-23-14-17-4-2-3-5-19(17)22(28)29/h2-9,14-15H,10-13H2,1H3,(H,24,26)(H,28,29)/p-1/b23-14-. The summed E-state index contributed by atoms with van der Waals surface area (Å²) in [4.78, 5) is 37.8. The van der Waals surface area contributed by atoms with Crippen LogP contribution in [0.1, 0.15) is 39.1 Å². The molecule has 0 spiro atoms. The number of rotatable bonds is 6. The highest BCUT2D eigenvalue weighted by Crippen LogP contribution is 2.20. The number of benzene rings is 2. The first-order chi connectivity index (χ1) is 14.5. The Morgan fingerprint density at radius 2 is 1.77 bits per heavy atom. The number of nitrogens with one attached hydrogen (secondary N) is 1. The molecule has 1 N–H and O–H groups in total. The molecular formula is C22H22N3O5-. The second kappa shape index (κ2) is 9.69. The minimum atomic E-state index is -1.31. The van der Waals surface area contributed by atoms with Crippen LogP contribution in [-0.2, 0) is 4.79 Å². The van der Waals surface area contributed by atoms with Gasteiger partial charge in [-0.3, -0.25) is 9.59 Å². The topological polar surface area (TPSA) is 111 Å². The van der Waals surface area contributed by atoms with Crippen LogP contribution in [0.2, 0.25) is 0 Å². The summed E-state index contributed by atoms with van der Waals surface area (Å²) in [6.45, 7) is 0.945. The fourth-order valence-corrected chi connectivity index (χ4v) is 3.31. The van der Waals surface area contributed by atoms with Crippen molar-refractivity contribution in [1.29, 1.82) is 0 Å². The first-order valence-electron chi connectivity index (χ1n) is 9.56. The van der Waals surface area contributed by atoms with E-state index in [4.69, 9.17) is 4.74 Å². The maximum absolute atomic E-state index is 12.6. The van der Waals surface area contributed by atoms with Gasteiger partial charge in [0.1, 0.15) is 5.75 Å². The Labute approximate surface area is 174 Å². The van der Waals surface area contributed by atoms with Crippen molar-refractivity contribution in [3.05, 3.63) is 65.2 Å². The number of hydrogen-bond acceptors (Lipinski definition) is 6. The highest BCUT2D eigenvalue weighted by molar-refractivity contribution is 5.97. The van der Waals surface area contributed by atoms with Crippen molar-refractivity contribution < 1.29 is 24.2 Å². The highest BCUT2D eigenvalue weighted by Gasteiger charge is 2.27. The lowest BCUT2D eigenvalue weighted by Crippen LogP contribution is -2.42. The van der Waals surface area contributed by atoms with Gasteiger partial charge in [-0.05, 0) is 37.1 Å². The molecule has 0 aliphatic carbocycles. The molecule has 1 aliphatic heterocycles. The largest absolute Gasteiger partial charge is 0.545 e. The van der Waals surface area contributed by atoms with Crippen LogP contribution in [0.15, 0.2) is 53.6 Å². The van der Waals surface area contributed by atoms with E-state index >= 15 is 0 Å². The van der Waals surface area contributed by atoms with Crippen LogP contribution in [0.25, 0.3) is 0 Å². The summed E-state index contributed by atoms with van der Waals surface area (Å²) in [6, 6.07) is 13.2. The summed E-state index contributed by atoms with van der Waals surface area (Å²) in [5.74, 6) is -1.22. The van der Waals surface area contributed by atoms with Crippen LogP contribution in [0.5, 0.6) is 5.75 Å². The van der Waals surface area contributed by atoms with Gasteiger partial charge in [0.25, 0.3) is 5.91 Å². The van der Waals surface area contributed by atoms with Gasteiger partial charge in [-0.2, -0.15) is 5.10 Å². The Morgan fingerprint density at radius 1 is 1.10 bits per heavy atom. The van der Waals surface area contributed by atoms with E-state index in [1.54, 1.807) is 54.5 Å². The SMILES string of the molecule is COc1ccc(C(=O)N2CCC(C(=O)N/N=C\c3ccccc3C(=O)[O-])CC2)cc1. The molecule has 3 rings (SSSR count). The second-order valence-electron chi connectivity index (χ2n) is 6.90. The van der Waals surface area contributed by atoms with Crippen LogP contribution in [-0.4, -0.2) is 49.1 Å². The van der Waals surface area contributed by atoms with E-state index in [1.807, 2.05) is 0 Å². The third-order valence-corrected chi connectivity index (χ3v) is 5.05. The number of carbonyl (C=O) groups excluding carboxylic acids is 3. The highest BCUT2D eigenvalue weighted by atomic mass is 16.5. The molecule has 8 nitrogen and oxygen atoms in total. The normalized spacial score (nSPS) is 14.5. The number of aromatic carboxylic acids is 1. The number of hydrogen-bond donors (Lipinski definition) is 1. The molecule has 1 saturated heterocycles. The van der Waals surface area contributed by atoms with Gasteiger partial charge in [0.2, 0.25) is 5.91 Å². The van der Waals surface area contributed by atoms with Gasteiger partial charge in [-0.25, -0.2) is 5.43 Å². The lowest BCUT2D eigenvalue weighted by molar-refractivity contribution is -0.255. The first kappa shape index (κ1) is 21.0. The van der Waals surface area contributed by atoms with Crippen LogP contribution < -0.4 is 15.3 Å². The maximum Gasteiger partial charge on any atom is 0.253 e. The minimum Gasteiger partial charge on any atom is -0.545 e. The van der Waals surface area contributed by atoms with E-state index in [-0.39, 0.29) is 23.3 Å². The number of ether oxygens (including phenoxy) is 1. The average Bonchev–Trinajstić information content (AvgIpc) is 2.79. The summed E-state index contributed by atoms with van der Waals surface area (Å²) in [7, 11) is 1.57. The molecule has 2 amide bonds. The lowest BCUT2D eigenvalue weighted by Gasteiger charge is -2.31. The molecule has 2 aromatic carbocycles. The molecule has 2 aromatic rings. The molecule has 0 bridgehead atoms. The first-order valence-corrected chi connectivity index (χ1v) is 9.56. The van der Waals surface area contributed by atoms with Gasteiger partial charge in [0.05, 0.1) is 19.3 Å². The monoisotopic (exact) mass is 408 g/mol. The predicted molar refractivity (Wildman–Crippen MR) is 108 cm³/mol. The van der Waals surface area contributed by atoms with E-state index < -0.39 is 5.97 Å². The third-order valence-electron chi connectivity index (χ3n) is 5.05. The molecule has 0 saturated carbocycles. The number of carbonyl (C=O) groups is 3. The number of hydrazone groups is 1. The molecule has 156 valence electrons. The summed E-state index contributed by atoms with van der Waals surface area (Å²) in [5.41, 5.74) is 3.38. The van der Waals surface area contributed by atoms with Crippen LogP contribution in [0, 0.1) is 5.92 Å². The quantitative estimate of drug-likeness (QED) is 0.568. The Bertz CT molecular complexity index is 948. The molecular weight excluding hydrogens is 386 g/mol. The van der Waals surface area contributed by atoms with Crippen LogP contribution in [0.3, 0.4) is 0 Å². The Balaban J connectivity index is 1.51. The number of likely N-dealkylation sites (tertiary alicyclic amines) is 1. The molecule has 8 heteroatoms. The molecule has 0 aromatic heterocycles. The molecule has 0 atom stereocenters. The van der Waals surface area contributed by atoms with Crippen molar-refractivity contribution in [3.8, 4) is 5.75 Å². The van der Waals surface area contributed by atoms with Crippen LogP contribution in [0.4, 0.5) is 0 Å². The van der Waals surface area contributed by atoms with Crippen molar-refractivity contribution >= 4 is 24.0 Å². The second-order valence-corrected chi connectivity index (χ2v) is 6.90. The molecule has 0 radical (unpaired) electrons. The van der Waals surface area contributed by atoms with Gasteiger partial charge in [-0.15, -0.1) is 0 Å². The fourth-order valence-electron chi connectivity index (χ4n) is 3.31. The van der Waals surface area contributed by atoms with Gasteiger partial charge >= 0.3 is 0 Å². The minimum absolute atomic E-state index is 0.000788. The van der Waals surface area contributed by atoms with Crippen molar-refractivity contribution in [2.75, 3.05) is 20.2 Å². The van der Waals surface area contributed by atoms with Gasteiger partial charge < -0.3 is 19.5 Å². The smallest absolute Gasteiger partial charge is 0.253 e. The zero-order valence-electron chi connectivity index (χ0n) is 16.5. The summed E-state index contributed by atoms with van der Waals surface area (Å²) in [6.07, 6.45) is 2.34. The number of piperidine rings is 1. The van der Waals surface area contributed by atoms with Crippen molar-refractivity contribution in [3.63, 3.8) is 0 Å². The average molecular weight is 408 g/mol. The molecule has 1 aliphatic rings. The fraction of sp³-hybridized carbons (Fsp3) is 0.273. The zero-order chi connectivity index (χ0) is 21.5. The molecule has 1 heterocycles. The van der Waals surface area contributed by atoms with Gasteiger partial charge in [0.15, 0.2) is 0 Å². The van der Waals surface area contributed by atoms with E-state index in [0.717, 1.165) is 0 Å². The predicted octanol–water partition coefficient (Wildman–Crippen LogP) is 1.06. The van der Waals surface area contributed by atoms with E-state index in [0.29, 0.717) is 42.8 Å². The van der Waals surface area contributed by atoms with Crippen molar-refractivity contribution in [2.24, 2.45) is 11.0 Å². The molecule has 0 unspecified atom stereocenters. The zero-order valence-corrected chi connectivity index (χ0v) is 16.5. The Kier molecular flexibility index (Phi) is 6.79. The number of carboxylic acid groups (broad SMARTS) is 1. The van der Waals surface area contributed by atoms with Crippen LogP contribution >= 0.6 is 0 Å². The molecule has 30 heavy (non-hydrogen) atoms. The van der Waals surface area contributed by atoms with Crippen molar-refractivity contribution in [1.82, 2.24) is 10.3 Å². The lowest BCUT2D eigenvalue weighted by atomic mass is 9.95. The number of carboxylic acids is 1. The summed E-state index contributed by atoms with van der Waals surface area (Å²) >= 11 is 0. The van der Waals surface area contributed by atoms with E-state index in [2.05, 4.69) is 10.5 Å². The third kappa shape index (κ3) is 5.02. The number of amides is 2. The van der Waals surface area contributed by atoms with Gasteiger partial charge in [-0.1, -0.05) is 24.3 Å². The summed E-state index contributed by atoms with van der Waals surface area (Å²) < 4.78 is 5.10. The number of nitrogens with zero attached hydrogens (tertiary/aromatic N) is 2.